The molecule has 2 aliphatic heterocycles. The quantitative estimate of drug-likeness (QED) is 0.366. The molecule has 1 N–H and O–H groups in total. The highest BCUT2D eigenvalue weighted by Crippen LogP contribution is 2.78. The van der Waals surface area contributed by atoms with Gasteiger partial charge < -0.3 is 14.6 Å². The van der Waals surface area contributed by atoms with Gasteiger partial charge in [0.1, 0.15) is 6.10 Å². The van der Waals surface area contributed by atoms with E-state index in [2.05, 4.69) is 13.8 Å². The lowest BCUT2D eigenvalue weighted by molar-refractivity contribution is -0.262. The molecule has 0 aromatic heterocycles. The van der Waals surface area contributed by atoms with Crippen molar-refractivity contribution in [2.75, 3.05) is 7.11 Å². The molecular weight excluding hydrogens is 424 g/mol. The molecule has 6 aliphatic rings. The third-order valence-electron chi connectivity index (χ3n) is 11.0. The third kappa shape index (κ3) is 1.94. The van der Waals surface area contributed by atoms with Crippen molar-refractivity contribution in [3.63, 3.8) is 0 Å². The number of allylic oxidation sites excluding steroid dienone is 2. The predicted molar refractivity (Wildman–Crippen MR) is 117 cm³/mol. The second-order valence-corrected chi connectivity index (χ2v) is 12.2. The van der Waals surface area contributed by atoms with Gasteiger partial charge in [0.25, 0.3) is 0 Å². The van der Waals surface area contributed by atoms with Crippen LogP contribution in [-0.2, 0) is 28.7 Å². The summed E-state index contributed by atoms with van der Waals surface area (Å²) in [4.78, 5) is 55.1. The van der Waals surface area contributed by atoms with Crippen LogP contribution in [0.3, 0.4) is 0 Å². The zero-order valence-electron chi connectivity index (χ0n) is 20.5. The smallest absolute Gasteiger partial charge is 0.321 e. The number of rotatable bonds is 1. The standard InChI is InChI=1S/C26H34O7/c1-13-12-15-22(4,10-8-14-21(2,3)16-9-11-25(14,15)19(29)33-16)26(20(30)32-7)18(28)24(6,31)17(27)23(13,26)5/h12,14-16,31H,8-11H2,1-7H3. The Morgan fingerprint density at radius 1 is 1.06 bits per heavy atom. The Labute approximate surface area is 194 Å². The summed E-state index contributed by atoms with van der Waals surface area (Å²) in [5, 5.41) is 11.1. The summed E-state index contributed by atoms with van der Waals surface area (Å²) in [6, 6.07) is 0. The first-order valence-electron chi connectivity index (χ1n) is 11.9. The van der Waals surface area contributed by atoms with Crippen molar-refractivity contribution in [1.82, 2.24) is 0 Å². The van der Waals surface area contributed by atoms with E-state index < -0.39 is 50.7 Å². The van der Waals surface area contributed by atoms with Crippen molar-refractivity contribution in [2.24, 2.45) is 38.9 Å². The molecule has 4 aliphatic carbocycles. The normalized spacial score (nSPS) is 51.8. The summed E-state index contributed by atoms with van der Waals surface area (Å²) in [5.74, 6) is -3.06. The molecule has 0 amide bonds. The molecule has 7 nitrogen and oxygen atoms in total. The van der Waals surface area contributed by atoms with Crippen molar-refractivity contribution >= 4 is 23.5 Å². The topological polar surface area (TPSA) is 107 Å². The van der Waals surface area contributed by atoms with E-state index in [1.54, 1.807) is 13.8 Å². The van der Waals surface area contributed by atoms with Gasteiger partial charge in [0.2, 0.25) is 0 Å². The van der Waals surface area contributed by atoms with Crippen LogP contribution < -0.4 is 0 Å². The van der Waals surface area contributed by atoms with Crippen molar-refractivity contribution in [3.05, 3.63) is 11.6 Å². The predicted octanol–water partition coefficient (Wildman–Crippen LogP) is 2.78. The summed E-state index contributed by atoms with van der Waals surface area (Å²) < 4.78 is 11.2. The summed E-state index contributed by atoms with van der Waals surface area (Å²) in [7, 11) is 1.21. The SMILES string of the molecule is COC(=O)C12C(=O)C(C)(O)C(=O)C1(C)C(C)=CC1C34CCC(OC3=O)C(C)(C)C4CCC12C. The van der Waals surface area contributed by atoms with Gasteiger partial charge in [0.15, 0.2) is 22.6 Å². The van der Waals surface area contributed by atoms with Gasteiger partial charge in [0, 0.05) is 11.3 Å². The van der Waals surface area contributed by atoms with Gasteiger partial charge in [-0.25, -0.2) is 0 Å². The van der Waals surface area contributed by atoms with Crippen LogP contribution in [0.1, 0.15) is 67.2 Å². The van der Waals surface area contributed by atoms with Gasteiger partial charge in [-0.1, -0.05) is 32.4 Å². The van der Waals surface area contributed by atoms with E-state index >= 15 is 0 Å². The molecule has 6 rings (SSSR count). The number of ether oxygens (including phenoxy) is 2. The molecule has 2 bridgehead atoms. The number of aliphatic hydroxyl groups is 1. The van der Waals surface area contributed by atoms with E-state index in [1.807, 2.05) is 13.0 Å². The van der Waals surface area contributed by atoms with Crippen molar-refractivity contribution in [3.8, 4) is 0 Å². The number of Topliss-reactive ketones (excluding diaryl/α,β-unsaturated/α-hetero) is 2. The van der Waals surface area contributed by atoms with Gasteiger partial charge in [-0.05, 0) is 57.8 Å². The lowest BCUT2D eigenvalue weighted by Gasteiger charge is -2.70. The fraction of sp³-hybridized carbons (Fsp3) is 0.769. The molecule has 2 saturated heterocycles. The van der Waals surface area contributed by atoms with Crippen LogP contribution in [0.15, 0.2) is 11.6 Å². The van der Waals surface area contributed by atoms with Crippen molar-refractivity contribution in [1.29, 1.82) is 0 Å². The van der Waals surface area contributed by atoms with Crippen LogP contribution in [0.4, 0.5) is 0 Å². The first-order valence-corrected chi connectivity index (χ1v) is 11.9. The molecular formula is C26H34O7. The van der Waals surface area contributed by atoms with E-state index in [0.29, 0.717) is 24.8 Å². The highest BCUT2D eigenvalue weighted by Gasteiger charge is 2.86. The zero-order valence-corrected chi connectivity index (χ0v) is 20.5. The minimum absolute atomic E-state index is 0.0268. The minimum atomic E-state index is -2.32. The zero-order chi connectivity index (χ0) is 24.6. The fourth-order valence-electron chi connectivity index (χ4n) is 9.31. The number of ketones is 2. The summed E-state index contributed by atoms with van der Waals surface area (Å²) in [6.07, 6.45) is 4.21. The molecule has 8 atom stereocenters. The average Bonchev–Trinajstić information content (AvgIpc) is 2.87. The van der Waals surface area contributed by atoms with Crippen LogP contribution in [0.2, 0.25) is 0 Å². The molecule has 0 aromatic rings. The van der Waals surface area contributed by atoms with E-state index in [-0.39, 0.29) is 23.4 Å². The number of methoxy groups -OCH3 is 1. The van der Waals surface area contributed by atoms with E-state index in [4.69, 9.17) is 9.47 Å². The largest absolute Gasteiger partial charge is 0.468 e. The number of carbonyl (C=O) groups excluding carboxylic acids is 4. The summed E-state index contributed by atoms with van der Waals surface area (Å²) in [6.45, 7) is 10.6. The molecule has 0 radical (unpaired) electrons. The Morgan fingerprint density at radius 3 is 2.27 bits per heavy atom. The maximum absolute atomic E-state index is 14.1. The van der Waals surface area contributed by atoms with Gasteiger partial charge in [-0.15, -0.1) is 0 Å². The van der Waals surface area contributed by atoms with Crippen molar-refractivity contribution in [2.45, 2.75) is 78.9 Å². The lowest BCUT2D eigenvalue weighted by atomic mass is 9.33. The van der Waals surface area contributed by atoms with Crippen LogP contribution in [0, 0.1) is 38.9 Å². The Morgan fingerprint density at radius 2 is 1.70 bits per heavy atom. The maximum atomic E-state index is 14.1. The number of hydrogen-bond acceptors (Lipinski definition) is 7. The Balaban J connectivity index is 1.87. The fourth-order valence-corrected chi connectivity index (χ4v) is 9.31. The Bertz CT molecular complexity index is 1050. The number of fused-ring (bicyclic) bond motifs is 5. The number of esters is 2. The van der Waals surface area contributed by atoms with Crippen LogP contribution in [-0.4, -0.2) is 47.4 Å². The molecule has 0 aromatic carbocycles. The van der Waals surface area contributed by atoms with E-state index in [1.165, 1.54) is 14.0 Å². The summed E-state index contributed by atoms with van der Waals surface area (Å²) >= 11 is 0. The minimum Gasteiger partial charge on any atom is -0.468 e. The van der Waals surface area contributed by atoms with E-state index in [9.17, 15) is 24.3 Å². The van der Waals surface area contributed by atoms with Crippen LogP contribution >= 0.6 is 0 Å². The molecule has 3 saturated carbocycles. The average molecular weight is 459 g/mol. The van der Waals surface area contributed by atoms with Crippen molar-refractivity contribution < 1.29 is 33.8 Å². The van der Waals surface area contributed by atoms with E-state index in [0.717, 1.165) is 6.42 Å². The lowest BCUT2D eigenvalue weighted by Crippen LogP contribution is -2.74. The van der Waals surface area contributed by atoms with Crippen LogP contribution in [0.5, 0.6) is 0 Å². The van der Waals surface area contributed by atoms with Gasteiger partial charge in [0.05, 0.1) is 17.9 Å². The molecule has 7 heteroatoms. The maximum Gasteiger partial charge on any atom is 0.321 e. The first-order chi connectivity index (χ1) is 15.1. The summed E-state index contributed by atoms with van der Waals surface area (Å²) in [5.41, 5.74) is -7.55. The molecule has 1 spiro atoms. The number of carbonyl (C=O) groups is 4. The van der Waals surface area contributed by atoms with Gasteiger partial charge >= 0.3 is 11.9 Å². The monoisotopic (exact) mass is 458 g/mol. The molecule has 33 heavy (non-hydrogen) atoms. The Kier molecular flexibility index (Phi) is 4.11. The van der Waals surface area contributed by atoms with Gasteiger partial charge in [-0.2, -0.15) is 0 Å². The highest BCUT2D eigenvalue weighted by molar-refractivity contribution is 6.30. The second-order valence-electron chi connectivity index (χ2n) is 12.2. The molecule has 2 heterocycles. The van der Waals surface area contributed by atoms with Crippen LogP contribution in [0.25, 0.3) is 0 Å². The first kappa shape index (κ1) is 22.8. The second kappa shape index (κ2) is 5.96. The Hall–Kier alpha value is -2.02. The number of hydrogen-bond donors (Lipinski definition) is 1. The molecule has 8 unspecified atom stereocenters. The highest BCUT2D eigenvalue weighted by atomic mass is 16.6. The molecule has 180 valence electrons. The van der Waals surface area contributed by atoms with Gasteiger partial charge in [-0.3, -0.25) is 19.2 Å². The third-order valence-corrected chi connectivity index (χ3v) is 11.0. The molecule has 5 fully saturated rings.